The molecule has 0 unspecified atom stereocenters. The van der Waals surface area contributed by atoms with E-state index in [-0.39, 0.29) is 11.8 Å². The molecular formula is C13H17FN2O. The molecule has 17 heavy (non-hydrogen) atoms. The summed E-state index contributed by atoms with van der Waals surface area (Å²) < 4.78 is 12.9. The maximum absolute atomic E-state index is 12.9. The third-order valence-electron chi connectivity index (χ3n) is 2.08. The average molecular weight is 236 g/mol. The second-order valence-electron chi connectivity index (χ2n) is 4.00. The number of urea groups is 1. The van der Waals surface area contributed by atoms with E-state index >= 15 is 0 Å². The van der Waals surface area contributed by atoms with Crippen molar-refractivity contribution in [3.8, 4) is 0 Å². The van der Waals surface area contributed by atoms with Crippen LogP contribution in [-0.4, -0.2) is 12.6 Å². The van der Waals surface area contributed by atoms with Gasteiger partial charge in [0.25, 0.3) is 0 Å². The van der Waals surface area contributed by atoms with Crippen LogP contribution in [0, 0.1) is 5.82 Å². The number of benzene rings is 1. The summed E-state index contributed by atoms with van der Waals surface area (Å²) >= 11 is 0. The quantitative estimate of drug-likeness (QED) is 0.829. The molecule has 0 heterocycles. The largest absolute Gasteiger partial charge is 0.338 e. The molecule has 0 aliphatic carbocycles. The van der Waals surface area contributed by atoms with Crippen molar-refractivity contribution in [3.05, 3.63) is 47.4 Å². The Morgan fingerprint density at radius 1 is 1.41 bits per heavy atom. The van der Waals surface area contributed by atoms with Gasteiger partial charge in [-0.2, -0.15) is 0 Å². The number of halogens is 1. The predicted octanol–water partition coefficient (Wildman–Crippen LogP) is 2.59. The van der Waals surface area contributed by atoms with Gasteiger partial charge in [-0.1, -0.05) is 17.7 Å². The Morgan fingerprint density at radius 3 is 2.82 bits per heavy atom. The second-order valence-corrected chi connectivity index (χ2v) is 4.00. The number of allylic oxidation sites excluding steroid dienone is 1. The van der Waals surface area contributed by atoms with Gasteiger partial charge in [0, 0.05) is 12.7 Å². The van der Waals surface area contributed by atoms with E-state index in [1.165, 1.54) is 12.1 Å². The Morgan fingerprint density at radius 2 is 2.18 bits per heavy atom. The zero-order chi connectivity index (χ0) is 12.7. The summed E-state index contributed by atoms with van der Waals surface area (Å²) in [7, 11) is 0. The lowest BCUT2D eigenvalue weighted by atomic mass is 10.1. The van der Waals surface area contributed by atoms with Crippen LogP contribution in [0.25, 0.3) is 0 Å². The molecule has 0 saturated carbocycles. The van der Waals surface area contributed by atoms with Gasteiger partial charge in [-0.15, -0.1) is 0 Å². The van der Waals surface area contributed by atoms with Gasteiger partial charge < -0.3 is 10.6 Å². The first-order valence-electron chi connectivity index (χ1n) is 5.50. The Balaban J connectivity index is 2.28. The number of carbonyl (C=O) groups excluding carboxylic acids is 1. The standard InChI is InChI=1S/C13H17FN2O/c1-10(2)9-16-13(17)15-7-6-11-4-3-5-12(14)8-11/h3-5,8-9H,6-7H2,1-2H3,(H2,15,16,17). The smallest absolute Gasteiger partial charge is 0.318 e. The lowest BCUT2D eigenvalue weighted by molar-refractivity contribution is 0.244. The monoisotopic (exact) mass is 236 g/mol. The third kappa shape index (κ3) is 5.70. The molecule has 0 saturated heterocycles. The van der Waals surface area contributed by atoms with Crippen molar-refractivity contribution in [2.45, 2.75) is 20.3 Å². The number of rotatable bonds is 4. The van der Waals surface area contributed by atoms with Crippen LogP contribution in [0.15, 0.2) is 36.0 Å². The maximum Gasteiger partial charge on any atom is 0.318 e. The molecule has 1 aromatic carbocycles. The highest BCUT2D eigenvalue weighted by atomic mass is 19.1. The van der Waals surface area contributed by atoms with Gasteiger partial charge in [-0.3, -0.25) is 0 Å². The van der Waals surface area contributed by atoms with E-state index in [9.17, 15) is 9.18 Å². The van der Waals surface area contributed by atoms with Crippen LogP contribution in [0.4, 0.5) is 9.18 Å². The molecule has 1 rings (SSSR count). The van der Waals surface area contributed by atoms with Crippen LogP contribution in [0.3, 0.4) is 0 Å². The van der Waals surface area contributed by atoms with Crippen molar-refractivity contribution in [2.75, 3.05) is 6.54 Å². The van der Waals surface area contributed by atoms with Crippen LogP contribution >= 0.6 is 0 Å². The molecule has 4 heteroatoms. The van der Waals surface area contributed by atoms with Gasteiger partial charge in [-0.05, 0) is 38.0 Å². The van der Waals surface area contributed by atoms with Gasteiger partial charge in [0.05, 0.1) is 0 Å². The lowest BCUT2D eigenvalue weighted by Crippen LogP contribution is -2.33. The number of carbonyl (C=O) groups is 1. The van der Waals surface area contributed by atoms with Crippen LogP contribution in [0.1, 0.15) is 19.4 Å². The first-order chi connectivity index (χ1) is 8.08. The second kappa shape index (κ2) is 6.68. The zero-order valence-electron chi connectivity index (χ0n) is 10.1. The fourth-order valence-corrected chi connectivity index (χ4v) is 1.27. The zero-order valence-corrected chi connectivity index (χ0v) is 10.1. The molecule has 2 N–H and O–H groups in total. The summed E-state index contributed by atoms with van der Waals surface area (Å²) in [6.45, 7) is 4.27. The van der Waals surface area contributed by atoms with Crippen molar-refractivity contribution in [1.29, 1.82) is 0 Å². The highest BCUT2D eigenvalue weighted by Crippen LogP contribution is 2.03. The maximum atomic E-state index is 12.9. The van der Waals surface area contributed by atoms with Crippen LogP contribution in [0.5, 0.6) is 0 Å². The highest BCUT2D eigenvalue weighted by molar-refractivity contribution is 5.74. The molecule has 0 aromatic heterocycles. The highest BCUT2D eigenvalue weighted by Gasteiger charge is 1.98. The van der Waals surface area contributed by atoms with Gasteiger partial charge in [0.1, 0.15) is 5.82 Å². The molecule has 0 spiro atoms. The molecule has 0 atom stereocenters. The first kappa shape index (κ1) is 13.2. The minimum Gasteiger partial charge on any atom is -0.338 e. The summed E-state index contributed by atoms with van der Waals surface area (Å²) in [5.41, 5.74) is 1.89. The van der Waals surface area contributed by atoms with Crippen molar-refractivity contribution in [2.24, 2.45) is 0 Å². The molecule has 0 aliphatic rings. The van der Waals surface area contributed by atoms with E-state index in [2.05, 4.69) is 10.6 Å². The molecule has 0 fully saturated rings. The Hall–Kier alpha value is -1.84. The van der Waals surface area contributed by atoms with Crippen molar-refractivity contribution in [3.63, 3.8) is 0 Å². The summed E-state index contributed by atoms with van der Waals surface area (Å²) in [5, 5.41) is 5.28. The first-order valence-corrected chi connectivity index (χ1v) is 5.50. The molecule has 2 amide bonds. The minimum atomic E-state index is -0.253. The Labute approximate surface area is 101 Å². The topological polar surface area (TPSA) is 41.1 Å². The normalized spacial score (nSPS) is 9.59. The molecule has 0 bridgehead atoms. The van der Waals surface area contributed by atoms with Crippen molar-refractivity contribution in [1.82, 2.24) is 10.6 Å². The molecule has 92 valence electrons. The molecular weight excluding hydrogens is 219 g/mol. The lowest BCUT2D eigenvalue weighted by Gasteiger charge is -2.05. The predicted molar refractivity (Wildman–Crippen MR) is 66.1 cm³/mol. The summed E-state index contributed by atoms with van der Waals surface area (Å²) in [6, 6.07) is 6.11. The van der Waals surface area contributed by atoms with Gasteiger partial charge in [0.15, 0.2) is 0 Å². The van der Waals surface area contributed by atoms with Crippen LogP contribution < -0.4 is 10.6 Å². The molecule has 0 aliphatic heterocycles. The summed E-state index contributed by atoms with van der Waals surface area (Å²) in [5.74, 6) is -0.253. The number of hydrogen-bond acceptors (Lipinski definition) is 1. The van der Waals surface area contributed by atoms with Gasteiger partial charge >= 0.3 is 6.03 Å². The van der Waals surface area contributed by atoms with Crippen molar-refractivity contribution < 1.29 is 9.18 Å². The van der Waals surface area contributed by atoms with E-state index in [1.54, 1.807) is 12.3 Å². The van der Waals surface area contributed by atoms with E-state index in [0.29, 0.717) is 13.0 Å². The number of hydrogen-bond donors (Lipinski definition) is 2. The molecule has 0 radical (unpaired) electrons. The minimum absolute atomic E-state index is 0.248. The SMILES string of the molecule is CC(C)=CNC(=O)NCCc1cccc(F)c1. The fraction of sp³-hybridized carbons (Fsp3) is 0.308. The van der Waals surface area contributed by atoms with Gasteiger partial charge in [0.2, 0.25) is 0 Å². The van der Waals surface area contributed by atoms with Crippen LogP contribution in [0.2, 0.25) is 0 Å². The Kier molecular flexibility index (Phi) is 5.20. The third-order valence-corrected chi connectivity index (χ3v) is 2.08. The average Bonchev–Trinajstić information content (AvgIpc) is 2.26. The van der Waals surface area contributed by atoms with Gasteiger partial charge in [-0.25, -0.2) is 9.18 Å². The number of nitrogens with one attached hydrogen (secondary N) is 2. The summed E-state index contributed by atoms with van der Waals surface area (Å²) in [6.07, 6.45) is 2.25. The van der Waals surface area contributed by atoms with Crippen molar-refractivity contribution >= 4 is 6.03 Å². The van der Waals surface area contributed by atoms with E-state index < -0.39 is 0 Å². The fourth-order valence-electron chi connectivity index (χ4n) is 1.27. The molecule has 1 aromatic rings. The van der Waals surface area contributed by atoms with E-state index in [0.717, 1.165) is 11.1 Å². The summed E-state index contributed by atoms with van der Waals surface area (Å²) in [4.78, 5) is 11.3. The van der Waals surface area contributed by atoms with Crippen LogP contribution in [-0.2, 0) is 6.42 Å². The van der Waals surface area contributed by atoms with E-state index in [4.69, 9.17) is 0 Å². The Bertz CT molecular complexity index is 412. The number of amides is 2. The molecule has 3 nitrogen and oxygen atoms in total. The van der Waals surface area contributed by atoms with E-state index in [1.807, 2.05) is 19.9 Å².